The lowest BCUT2D eigenvalue weighted by molar-refractivity contribution is 0.259. The first-order valence-corrected chi connectivity index (χ1v) is 10.4. The van der Waals surface area contributed by atoms with E-state index in [0.717, 1.165) is 50.2 Å². The molecule has 27 heavy (non-hydrogen) atoms. The zero-order valence-electron chi connectivity index (χ0n) is 16.4. The fraction of sp³-hybridized carbons (Fsp3) is 0.545. The lowest BCUT2D eigenvalue weighted by Crippen LogP contribution is -2.45. The number of fused-ring (bicyclic) bond motifs is 1. The van der Waals surface area contributed by atoms with E-state index in [-0.39, 0.29) is 0 Å². The zero-order chi connectivity index (χ0) is 18.5. The number of hydrogen-bond acceptors (Lipinski definition) is 2. The Morgan fingerprint density at radius 2 is 1.96 bits per heavy atom. The van der Waals surface area contributed by atoms with Crippen LogP contribution in [0.2, 0.25) is 0 Å². The summed E-state index contributed by atoms with van der Waals surface area (Å²) < 4.78 is 2.32. The number of nitrogens with zero attached hydrogens (tertiary/aromatic N) is 4. The van der Waals surface area contributed by atoms with Gasteiger partial charge in [-0.05, 0) is 43.6 Å². The Hall–Kier alpha value is -2.30. The lowest BCUT2D eigenvalue weighted by Gasteiger charge is -2.34. The number of piperidine rings is 1. The Labute approximate surface area is 162 Å². The van der Waals surface area contributed by atoms with Gasteiger partial charge in [0.15, 0.2) is 5.96 Å². The van der Waals surface area contributed by atoms with Gasteiger partial charge in [-0.1, -0.05) is 30.3 Å². The van der Waals surface area contributed by atoms with Crippen LogP contribution in [-0.2, 0) is 25.9 Å². The van der Waals surface area contributed by atoms with Crippen LogP contribution in [0, 0.1) is 5.92 Å². The first kappa shape index (κ1) is 18.1. The van der Waals surface area contributed by atoms with Gasteiger partial charge in [-0.25, -0.2) is 4.98 Å². The Morgan fingerprint density at radius 3 is 2.70 bits per heavy atom. The molecule has 1 saturated heterocycles. The zero-order valence-corrected chi connectivity index (χ0v) is 16.4. The maximum Gasteiger partial charge on any atom is 0.193 e. The summed E-state index contributed by atoms with van der Waals surface area (Å²) >= 11 is 0. The molecule has 1 N–H and O–H groups in total. The van der Waals surface area contributed by atoms with Crippen LogP contribution >= 0.6 is 0 Å². The van der Waals surface area contributed by atoms with E-state index in [1.165, 1.54) is 43.5 Å². The van der Waals surface area contributed by atoms with E-state index in [9.17, 15) is 0 Å². The molecule has 0 radical (unpaired) electrons. The van der Waals surface area contributed by atoms with Crippen LogP contribution in [0.15, 0.2) is 41.5 Å². The van der Waals surface area contributed by atoms with E-state index >= 15 is 0 Å². The number of rotatable bonds is 4. The van der Waals surface area contributed by atoms with E-state index in [1.807, 2.05) is 7.05 Å². The second-order valence-corrected chi connectivity index (χ2v) is 7.82. The summed E-state index contributed by atoms with van der Waals surface area (Å²) in [5, 5.41) is 3.53. The minimum Gasteiger partial charge on any atom is -0.351 e. The first-order valence-electron chi connectivity index (χ1n) is 10.4. The molecule has 0 atom stereocenters. The smallest absolute Gasteiger partial charge is 0.193 e. The number of nitrogens with one attached hydrogen (secondary N) is 1. The molecule has 2 aliphatic rings. The standard InChI is InChI=1S/C22H31N5/c1-23-22(24-16-20-17-27-12-6-5-9-21(27)25-20)26-13-10-19(11-14-26)15-18-7-3-2-4-8-18/h2-4,7-8,17,19H,5-6,9-16H2,1H3,(H,23,24). The highest BCUT2D eigenvalue weighted by atomic mass is 15.3. The van der Waals surface area contributed by atoms with E-state index < -0.39 is 0 Å². The van der Waals surface area contributed by atoms with Crippen molar-refractivity contribution in [3.63, 3.8) is 0 Å². The van der Waals surface area contributed by atoms with E-state index in [2.05, 4.69) is 56.3 Å². The minimum absolute atomic E-state index is 0.761. The molecular weight excluding hydrogens is 334 g/mol. The van der Waals surface area contributed by atoms with Crippen molar-refractivity contribution in [2.24, 2.45) is 10.9 Å². The minimum atomic E-state index is 0.761. The maximum absolute atomic E-state index is 4.79. The number of aryl methyl sites for hydroxylation is 2. The van der Waals surface area contributed by atoms with Gasteiger partial charge in [0.2, 0.25) is 0 Å². The molecular formula is C22H31N5. The third-order valence-electron chi connectivity index (χ3n) is 5.88. The topological polar surface area (TPSA) is 45.5 Å². The predicted octanol–water partition coefficient (Wildman–Crippen LogP) is 3.25. The summed E-state index contributed by atoms with van der Waals surface area (Å²) in [6.07, 6.45) is 9.52. The molecule has 1 aromatic carbocycles. The molecule has 2 aliphatic heterocycles. The molecule has 0 spiro atoms. The largest absolute Gasteiger partial charge is 0.351 e. The second-order valence-electron chi connectivity index (χ2n) is 7.82. The van der Waals surface area contributed by atoms with Crippen molar-refractivity contribution in [2.45, 2.75) is 51.6 Å². The van der Waals surface area contributed by atoms with Crippen LogP contribution in [0.5, 0.6) is 0 Å². The third-order valence-corrected chi connectivity index (χ3v) is 5.88. The molecule has 4 rings (SSSR count). The monoisotopic (exact) mass is 365 g/mol. The maximum atomic E-state index is 4.79. The van der Waals surface area contributed by atoms with Crippen LogP contribution in [0.1, 0.15) is 42.8 Å². The van der Waals surface area contributed by atoms with Gasteiger partial charge >= 0.3 is 0 Å². The molecule has 0 amide bonds. The number of guanidine groups is 1. The average molecular weight is 366 g/mol. The van der Waals surface area contributed by atoms with Crippen molar-refractivity contribution in [2.75, 3.05) is 20.1 Å². The average Bonchev–Trinajstić information content (AvgIpc) is 3.13. The van der Waals surface area contributed by atoms with Gasteiger partial charge < -0.3 is 14.8 Å². The highest BCUT2D eigenvalue weighted by Gasteiger charge is 2.22. The Balaban J connectivity index is 1.27. The Kier molecular flexibility index (Phi) is 5.75. The van der Waals surface area contributed by atoms with Crippen molar-refractivity contribution in [1.82, 2.24) is 19.8 Å². The number of benzene rings is 1. The van der Waals surface area contributed by atoms with E-state index in [1.54, 1.807) is 0 Å². The highest BCUT2D eigenvalue weighted by Crippen LogP contribution is 2.22. The van der Waals surface area contributed by atoms with Gasteiger partial charge in [0.05, 0.1) is 12.2 Å². The van der Waals surface area contributed by atoms with Gasteiger partial charge in [0.25, 0.3) is 0 Å². The van der Waals surface area contributed by atoms with E-state index in [4.69, 9.17) is 4.98 Å². The summed E-state index contributed by atoms with van der Waals surface area (Å²) in [4.78, 5) is 11.7. The summed E-state index contributed by atoms with van der Waals surface area (Å²) in [7, 11) is 1.89. The Bertz CT molecular complexity index is 733. The fourth-order valence-electron chi connectivity index (χ4n) is 4.36. The second kappa shape index (κ2) is 8.59. The van der Waals surface area contributed by atoms with Crippen LogP contribution in [0.4, 0.5) is 0 Å². The van der Waals surface area contributed by atoms with Crippen molar-refractivity contribution in [3.8, 4) is 0 Å². The molecule has 5 heteroatoms. The van der Waals surface area contributed by atoms with Crippen molar-refractivity contribution in [3.05, 3.63) is 53.6 Å². The van der Waals surface area contributed by atoms with Gasteiger partial charge in [0, 0.05) is 39.3 Å². The quantitative estimate of drug-likeness (QED) is 0.668. The molecule has 1 fully saturated rings. The highest BCUT2D eigenvalue weighted by molar-refractivity contribution is 5.79. The molecule has 1 aromatic heterocycles. The van der Waals surface area contributed by atoms with Crippen LogP contribution < -0.4 is 5.32 Å². The van der Waals surface area contributed by atoms with Gasteiger partial charge in [0.1, 0.15) is 5.82 Å². The summed E-state index contributed by atoms with van der Waals surface area (Å²) in [5.74, 6) is 3.04. The number of aliphatic imine (C=N–C) groups is 1. The molecule has 0 unspecified atom stereocenters. The number of likely N-dealkylation sites (tertiary alicyclic amines) is 1. The number of aromatic nitrogens is 2. The van der Waals surface area contributed by atoms with E-state index in [0.29, 0.717) is 0 Å². The Morgan fingerprint density at radius 1 is 1.15 bits per heavy atom. The first-order chi connectivity index (χ1) is 13.3. The molecule has 144 valence electrons. The van der Waals surface area contributed by atoms with Crippen LogP contribution in [-0.4, -0.2) is 40.5 Å². The van der Waals surface area contributed by atoms with Gasteiger partial charge in [-0.3, -0.25) is 4.99 Å². The number of hydrogen-bond donors (Lipinski definition) is 1. The molecule has 3 heterocycles. The van der Waals surface area contributed by atoms with Gasteiger partial charge in [-0.15, -0.1) is 0 Å². The summed E-state index contributed by atoms with van der Waals surface area (Å²) in [6, 6.07) is 10.9. The SMILES string of the molecule is CN=C(NCc1cn2c(n1)CCCC2)N1CCC(Cc2ccccc2)CC1. The molecule has 2 aromatic rings. The normalized spacial score (nSPS) is 18.4. The molecule has 0 saturated carbocycles. The molecule has 5 nitrogen and oxygen atoms in total. The fourth-order valence-corrected chi connectivity index (χ4v) is 4.36. The van der Waals surface area contributed by atoms with Gasteiger partial charge in [-0.2, -0.15) is 0 Å². The lowest BCUT2D eigenvalue weighted by atomic mass is 9.90. The summed E-state index contributed by atoms with van der Waals surface area (Å²) in [5.41, 5.74) is 2.59. The number of imidazole rings is 1. The predicted molar refractivity (Wildman–Crippen MR) is 110 cm³/mol. The molecule has 0 bridgehead atoms. The van der Waals surface area contributed by atoms with Crippen molar-refractivity contribution >= 4 is 5.96 Å². The summed E-state index contributed by atoms with van der Waals surface area (Å²) in [6.45, 7) is 4.04. The molecule has 0 aliphatic carbocycles. The third kappa shape index (κ3) is 4.52. The van der Waals surface area contributed by atoms with Crippen molar-refractivity contribution in [1.29, 1.82) is 0 Å². The van der Waals surface area contributed by atoms with Crippen LogP contribution in [0.3, 0.4) is 0 Å². The van der Waals surface area contributed by atoms with Crippen molar-refractivity contribution < 1.29 is 0 Å². The van der Waals surface area contributed by atoms with Crippen LogP contribution in [0.25, 0.3) is 0 Å².